The second-order valence-corrected chi connectivity index (χ2v) is 8.63. The van der Waals surface area contributed by atoms with Gasteiger partial charge in [-0.3, -0.25) is 14.5 Å². The van der Waals surface area contributed by atoms with E-state index in [1.54, 1.807) is 6.08 Å². The van der Waals surface area contributed by atoms with Gasteiger partial charge in [-0.15, -0.1) is 0 Å². The van der Waals surface area contributed by atoms with E-state index in [4.69, 9.17) is 21.7 Å². The summed E-state index contributed by atoms with van der Waals surface area (Å²) in [6.45, 7) is 0.285. The van der Waals surface area contributed by atoms with Gasteiger partial charge in [0.1, 0.15) is 15.8 Å². The Balaban J connectivity index is 1.68. The largest absolute Gasteiger partial charge is 0.481 e. The number of amides is 1. The number of carboxylic acid groups (broad SMARTS) is 1. The lowest BCUT2D eigenvalue weighted by molar-refractivity contribution is -0.137. The summed E-state index contributed by atoms with van der Waals surface area (Å²) in [4.78, 5) is 25.6. The molecule has 1 saturated heterocycles. The van der Waals surface area contributed by atoms with E-state index in [0.29, 0.717) is 27.2 Å². The van der Waals surface area contributed by atoms with Gasteiger partial charge >= 0.3 is 5.97 Å². The van der Waals surface area contributed by atoms with Crippen molar-refractivity contribution in [1.82, 2.24) is 4.90 Å². The molecule has 2 aromatic carbocycles. The van der Waals surface area contributed by atoms with Crippen molar-refractivity contribution in [3.05, 3.63) is 77.4 Å². The van der Waals surface area contributed by atoms with Gasteiger partial charge in [0, 0.05) is 30.2 Å². The van der Waals surface area contributed by atoms with Crippen LogP contribution in [0.15, 0.2) is 76.1 Å². The number of furan rings is 1. The second kappa shape index (κ2) is 9.32. The molecule has 0 radical (unpaired) electrons. The van der Waals surface area contributed by atoms with Crippen molar-refractivity contribution < 1.29 is 19.1 Å². The number of benzene rings is 2. The lowest BCUT2D eigenvalue weighted by Crippen LogP contribution is -2.29. The standard InChI is InChI=1S/C24H19NO4S2/c26-22(27)12-7-13-25-23(28)21(31-24(25)30)15-20-18(16-8-3-1-4-9-16)14-19(29-20)17-10-5-2-6-11-17/h1-6,8-11,14-15H,7,12-13H2,(H,26,27)/b21-15-. The van der Waals surface area contributed by atoms with Crippen molar-refractivity contribution in [1.29, 1.82) is 0 Å². The molecule has 0 atom stereocenters. The van der Waals surface area contributed by atoms with Gasteiger partial charge in [-0.2, -0.15) is 0 Å². The molecule has 156 valence electrons. The van der Waals surface area contributed by atoms with E-state index in [1.807, 2.05) is 66.7 Å². The van der Waals surface area contributed by atoms with E-state index in [0.717, 1.165) is 16.7 Å². The number of thiocarbonyl (C=S) groups is 1. The van der Waals surface area contributed by atoms with Gasteiger partial charge in [-0.25, -0.2) is 0 Å². The summed E-state index contributed by atoms with van der Waals surface area (Å²) in [5, 5.41) is 8.84. The molecule has 1 fully saturated rings. The quantitative estimate of drug-likeness (QED) is 0.370. The third kappa shape index (κ3) is 4.78. The third-order valence-corrected chi connectivity index (χ3v) is 6.19. The highest BCUT2D eigenvalue weighted by Gasteiger charge is 2.32. The van der Waals surface area contributed by atoms with Crippen LogP contribution >= 0.6 is 24.0 Å². The Morgan fingerprint density at radius 1 is 1.06 bits per heavy atom. The summed E-state index contributed by atoms with van der Waals surface area (Å²) in [6, 6.07) is 21.6. The van der Waals surface area contributed by atoms with E-state index in [-0.39, 0.29) is 18.9 Å². The molecule has 7 heteroatoms. The minimum atomic E-state index is -0.891. The lowest BCUT2D eigenvalue weighted by atomic mass is 10.0. The van der Waals surface area contributed by atoms with E-state index >= 15 is 0 Å². The fourth-order valence-electron chi connectivity index (χ4n) is 3.30. The summed E-state index contributed by atoms with van der Waals surface area (Å²) in [6.07, 6.45) is 2.07. The molecule has 0 spiro atoms. The predicted octanol–water partition coefficient (Wildman–Crippen LogP) is 5.68. The maximum absolute atomic E-state index is 12.9. The molecule has 0 bridgehead atoms. The number of rotatable bonds is 7. The minimum Gasteiger partial charge on any atom is -0.481 e. The Morgan fingerprint density at radius 2 is 1.71 bits per heavy atom. The first kappa shape index (κ1) is 21.1. The molecule has 31 heavy (non-hydrogen) atoms. The SMILES string of the molecule is O=C(O)CCCN1C(=O)/C(=C/c2oc(-c3ccccc3)cc2-c2ccccc2)SC1=S. The van der Waals surface area contributed by atoms with Crippen LogP contribution in [0.1, 0.15) is 18.6 Å². The second-order valence-electron chi connectivity index (χ2n) is 6.95. The molecular formula is C24H19NO4S2. The fourth-order valence-corrected chi connectivity index (χ4v) is 4.58. The average Bonchev–Trinajstić information content (AvgIpc) is 3.31. The summed E-state index contributed by atoms with van der Waals surface area (Å²) < 4.78 is 6.60. The number of nitrogens with zero attached hydrogens (tertiary/aromatic N) is 1. The van der Waals surface area contributed by atoms with Gasteiger partial charge in [0.2, 0.25) is 0 Å². The van der Waals surface area contributed by atoms with E-state index in [9.17, 15) is 9.59 Å². The number of carbonyl (C=O) groups is 2. The Labute approximate surface area is 189 Å². The van der Waals surface area contributed by atoms with E-state index in [2.05, 4.69) is 0 Å². The van der Waals surface area contributed by atoms with Crippen LogP contribution < -0.4 is 0 Å². The zero-order chi connectivity index (χ0) is 21.8. The third-order valence-electron chi connectivity index (χ3n) is 4.81. The first-order chi connectivity index (χ1) is 15.0. The maximum atomic E-state index is 12.9. The Bertz CT molecular complexity index is 1150. The molecule has 1 N–H and O–H groups in total. The molecule has 0 saturated carbocycles. The Kier molecular flexibility index (Phi) is 6.34. The number of carbonyl (C=O) groups excluding carboxylic acids is 1. The maximum Gasteiger partial charge on any atom is 0.303 e. The Hall–Kier alpha value is -3.16. The summed E-state index contributed by atoms with van der Waals surface area (Å²) in [7, 11) is 0. The van der Waals surface area contributed by atoms with Crippen molar-refractivity contribution in [2.45, 2.75) is 12.8 Å². The van der Waals surface area contributed by atoms with E-state index < -0.39 is 5.97 Å². The van der Waals surface area contributed by atoms with Crippen LogP contribution in [0.25, 0.3) is 28.5 Å². The molecule has 4 rings (SSSR count). The highest BCUT2D eigenvalue weighted by Crippen LogP contribution is 2.38. The van der Waals surface area contributed by atoms with E-state index in [1.165, 1.54) is 16.7 Å². The highest BCUT2D eigenvalue weighted by molar-refractivity contribution is 8.26. The van der Waals surface area contributed by atoms with Gasteiger partial charge in [-0.05, 0) is 18.1 Å². The normalized spacial score (nSPS) is 15.1. The first-order valence-electron chi connectivity index (χ1n) is 9.75. The number of hydrogen-bond acceptors (Lipinski definition) is 5. The van der Waals surface area contributed by atoms with Gasteiger partial charge < -0.3 is 9.52 Å². The zero-order valence-corrected chi connectivity index (χ0v) is 18.1. The van der Waals surface area contributed by atoms with Crippen LogP contribution in [0.3, 0.4) is 0 Å². The minimum absolute atomic E-state index is 0.00706. The molecule has 3 aromatic rings. The van der Waals surface area contributed by atoms with Crippen molar-refractivity contribution in [3.8, 4) is 22.5 Å². The number of carboxylic acids is 1. The molecule has 0 unspecified atom stereocenters. The summed E-state index contributed by atoms with van der Waals surface area (Å²) in [5.74, 6) is 0.174. The predicted molar refractivity (Wildman–Crippen MR) is 126 cm³/mol. The highest BCUT2D eigenvalue weighted by atomic mass is 32.2. The van der Waals surface area contributed by atoms with Crippen molar-refractivity contribution in [3.63, 3.8) is 0 Å². The van der Waals surface area contributed by atoms with Crippen LogP contribution in [-0.4, -0.2) is 32.7 Å². The van der Waals surface area contributed by atoms with Crippen LogP contribution in [0.2, 0.25) is 0 Å². The molecule has 2 heterocycles. The van der Waals surface area contributed by atoms with Crippen molar-refractivity contribution in [2.75, 3.05) is 6.54 Å². The fraction of sp³-hybridized carbons (Fsp3) is 0.125. The Morgan fingerprint density at radius 3 is 2.35 bits per heavy atom. The first-order valence-corrected chi connectivity index (χ1v) is 11.0. The summed E-state index contributed by atoms with van der Waals surface area (Å²) >= 11 is 6.55. The molecule has 1 aromatic heterocycles. The van der Waals surface area contributed by atoms with Crippen LogP contribution in [0.4, 0.5) is 0 Å². The molecule has 0 aliphatic carbocycles. The monoisotopic (exact) mass is 449 g/mol. The van der Waals surface area contributed by atoms with Crippen LogP contribution in [0, 0.1) is 0 Å². The molecular weight excluding hydrogens is 430 g/mol. The van der Waals surface area contributed by atoms with Crippen molar-refractivity contribution in [2.24, 2.45) is 0 Å². The average molecular weight is 450 g/mol. The summed E-state index contributed by atoms with van der Waals surface area (Å²) in [5.41, 5.74) is 2.81. The van der Waals surface area contributed by atoms with Crippen LogP contribution in [0.5, 0.6) is 0 Å². The van der Waals surface area contributed by atoms with Gasteiger partial charge in [0.15, 0.2) is 0 Å². The van der Waals surface area contributed by atoms with Gasteiger partial charge in [0.05, 0.1) is 4.91 Å². The van der Waals surface area contributed by atoms with Gasteiger partial charge in [0.25, 0.3) is 5.91 Å². The molecule has 1 amide bonds. The number of aliphatic carboxylic acids is 1. The molecule has 5 nitrogen and oxygen atoms in total. The number of hydrogen-bond donors (Lipinski definition) is 1. The number of thioether (sulfide) groups is 1. The smallest absolute Gasteiger partial charge is 0.303 e. The molecule has 1 aliphatic heterocycles. The molecule has 1 aliphatic rings. The van der Waals surface area contributed by atoms with Gasteiger partial charge in [-0.1, -0.05) is 84.6 Å². The van der Waals surface area contributed by atoms with Crippen molar-refractivity contribution >= 4 is 46.3 Å². The van der Waals surface area contributed by atoms with Crippen LogP contribution in [-0.2, 0) is 9.59 Å². The topological polar surface area (TPSA) is 70.8 Å². The lowest BCUT2D eigenvalue weighted by Gasteiger charge is -2.13. The zero-order valence-electron chi connectivity index (χ0n) is 16.5.